The molecule has 1 heterocycles. The van der Waals surface area contributed by atoms with Crippen LogP contribution in [0.1, 0.15) is 22.1 Å². The number of urea groups is 1. The number of hydrogen-bond acceptors (Lipinski definition) is 4. The molecule has 0 radical (unpaired) electrons. The van der Waals surface area contributed by atoms with Gasteiger partial charge in [-0.05, 0) is 37.6 Å². The lowest BCUT2D eigenvalue weighted by atomic mass is 10.1. The van der Waals surface area contributed by atoms with Crippen molar-refractivity contribution in [2.24, 2.45) is 0 Å². The molecule has 2 amide bonds. The number of anilines is 1. The van der Waals surface area contributed by atoms with Crippen molar-refractivity contribution in [3.63, 3.8) is 0 Å². The van der Waals surface area contributed by atoms with Crippen LogP contribution in [-0.4, -0.2) is 37.4 Å². The zero-order chi connectivity index (χ0) is 18.7. The van der Waals surface area contributed by atoms with Gasteiger partial charge in [-0.3, -0.25) is 0 Å². The molecule has 1 N–H and O–H groups in total. The Hall–Kier alpha value is -2.34. The highest BCUT2D eigenvalue weighted by molar-refractivity contribution is 7.99. The number of rotatable bonds is 4. The SMILES string of the molecule is COc1ccc([C@H]2SCCN2C(=O)Nc2ccc(C)cc2C)c(OC)c1. The summed E-state index contributed by atoms with van der Waals surface area (Å²) < 4.78 is 10.8. The average molecular weight is 372 g/mol. The second-order valence-corrected chi connectivity index (χ2v) is 7.46. The van der Waals surface area contributed by atoms with Crippen LogP contribution >= 0.6 is 11.8 Å². The van der Waals surface area contributed by atoms with E-state index in [0.717, 1.165) is 34.1 Å². The Labute approximate surface area is 158 Å². The molecule has 26 heavy (non-hydrogen) atoms. The van der Waals surface area contributed by atoms with Crippen LogP contribution in [0.2, 0.25) is 0 Å². The molecule has 0 saturated carbocycles. The van der Waals surface area contributed by atoms with Gasteiger partial charge in [-0.2, -0.15) is 0 Å². The van der Waals surface area contributed by atoms with Gasteiger partial charge in [-0.1, -0.05) is 17.7 Å². The lowest BCUT2D eigenvalue weighted by Gasteiger charge is -2.26. The molecular formula is C20H24N2O3S. The van der Waals surface area contributed by atoms with Crippen molar-refractivity contribution in [2.45, 2.75) is 19.2 Å². The molecule has 1 fully saturated rings. The standard InChI is InChI=1S/C20H24N2O3S/c1-13-5-8-17(14(2)11-13)21-20(23)22-9-10-26-19(22)16-7-6-15(24-3)12-18(16)25-4/h5-8,11-12,19H,9-10H2,1-4H3,(H,21,23)/t19-/m1/s1. The number of hydrogen-bond donors (Lipinski definition) is 1. The molecule has 0 bridgehead atoms. The van der Waals surface area contributed by atoms with Crippen molar-refractivity contribution in [3.05, 3.63) is 53.1 Å². The Balaban J connectivity index is 1.82. The molecule has 2 aromatic carbocycles. The topological polar surface area (TPSA) is 50.8 Å². The first kappa shape index (κ1) is 18.5. The van der Waals surface area contributed by atoms with Gasteiger partial charge in [0, 0.05) is 29.6 Å². The molecule has 3 rings (SSSR count). The maximum Gasteiger partial charge on any atom is 0.323 e. The second kappa shape index (κ2) is 7.91. The highest BCUT2D eigenvalue weighted by atomic mass is 32.2. The number of nitrogens with zero attached hydrogens (tertiary/aromatic N) is 1. The first-order valence-corrected chi connectivity index (χ1v) is 9.56. The zero-order valence-corrected chi connectivity index (χ0v) is 16.4. The predicted molar refractivity (Wildman–Crippen MR) is 106 cm³/mol. The summed E-state index contributed by atoms with van der Waals surface area (Å²) in [5.74, 6) is 2.35. The van der Waals surface area contributed by atoms with Crippen LogP contribution in [0, 0.1) is 13.8 Å². The summed E-state index contributed by atoms with van der Waals surface area (Å²) in [4.78, 5) is 14.7. The molecular weight excluding hydrogens is 348 g/mol. The number of carbonyl (C=O) groups excluding carboxylic acids is 1. The minimum atomic E-state index is -0.0928. The summed E-state index contributed by atoms with van der Waals surface area (Å²) in [7, 11) is 3.26. The fourth-order valence-corrected chi connectivity index (χ4v) is 4.38. The Morgan fingerprint density at radius 3 is 2.65 bits per heavy atom. The van der Waals surface area contributed by atoms with Crippen molar-refractivity contribution in [1.82, 2.24) is 4.90 Å². The average Bonchev–Trinajstić information content (AvgIpc) is 3.13. The number of carbonyl (C=O) groups is 1. The normalized spacial score (nSPS) is 16.5. The van der Waals surface area contributed by atoms with Crippen molar-refractivity contribution in [2.75, 3.05) is 31.8 Å². The highest BCUT2D eigenvalue weighted by Gasteiger charge is 2.33. The van der Waals surface area contributed by atoms with Crippen LogP contribution in [0.4, 0.5) is 10.5 Å². The number of aryl methyl sites for hydroxylation is 2. The van der Waals surface area contributed by atoms with Crippen LogP contribution in [0.5, 0.6) is 11.5 Å². The van der Waals surface area contributed by atoms with Gasteiger partial charge in [0.05, 0.1) is 14.2 Å². The van der Waals surface area contributed by atoms with Crippen LogP contribution in [0.15, 0.2) is 36.4 Å². The van der Waals surface area contributed by atoms with Crippen LogP contribution < -0.4 is 14.8 Å². The Kier molecular flexibility index (Phi) is 5.61. The Bertz CT molecular complexity index is 810. The van der Waals surface area contributed by atoms with Crippen LogP contribution in [0.25, 0.3) is 0 Å². The van der Waals surface area contributed by atoms with Gasteiger partial charge in [0.25, 0.3) is 0 Å². The van der Waals surface area contributed by atoms with Crippen LogP contribution in [-0.2, 0) is 0 Å². The van der Waals surface area contributed by atoms with E-state index < -0.39 is 0 Å². The van der Waals surface area contributed by atoms with E-state index in [1.807, 2.05) is 49.1 Å². The van der Waals surface area contributed by atoms with Gasteiger partial charge in [-0.25, -0.2) is 4.79 Å². The van der Waals surface area contributed by atoms with E-state index >= 15 is 0 Å². The molecule has 0 aliphatic carbocycles. The molecule has 1 aliphatic heterocycles. The Morgan fingerprint density at radius 2 is 1.96 bits per heavy atom. The highest BCUT2D eigenvalue weighted by Crippen LogP contribution is 2.43. The van der Waals surface area contributed by atoms with Gasteiger partial charge in [0.15, 0.2) is 0 Å². The van der Waals surface area contributed by atoms with Crippen molar-refractivity contribution >= 4 is 23.5 Å². The molecule has 5 nitrogen and oxygen atoms in total. The molecule has 0 unspecified atom stereocenters. The molecule has 2 aromatic rings. The number of amides is 2. The number of benzene rings is 2. The zero-order valence-electron chi connectivity index (χ0n) is 15.5. The molecule has 1 saturated heterocycles. The smallest absolute Gasteiger partial charge is 0.323 e. The van der Waals surface area contributed by atoms with Crippen molar-refractivity contribution in [3.8, 4) is 11.5 Å². The third-order valence-electron chi connectivity index (χ3n) is 4.48. The van der Waals surface area contributed by atoms with E-state index in [9.17, 15) is 4.79 Å². The monoisotopic (exact) mass is 372 g/mol. The predicted octanol–water partition coefficient (Wildman–Crippen LogP) is 4.60. The van der Waals surface area contributed by atoms with E-state index in [-0.39, 0.29) is 11.4 Å². The van der Waals surface area contributed by atoms with Crippen molar-refractivity contribution in [1.29, 1.82) is 0 Å². The van der Waals surface area contributed by atoms with E-state index in [0.29, 0.717) is 6.54 Å². The maximum atomic E-state index is 12.9. The third-order valence-corrected chi connectivity index (χ3v) is 5.72. The fourth-order valence-electron chi connectivity index (χ4n) is 3.10. The first-order chi connectivity index (χ1) is 12.5. The van der Waals surface area contributed by atoms with Gasteiger partial charge >= 0.3 is 6.03 Å². The number of ether oxygens (including phenoxy) is 2. The molecule has 138 valence electrons. The summed E-state index contributed by atoms with van der Waals surface area (Å²) in [5.41, 5.74) is 4.06. The largest absolute Gasteiger partial charge is 0.497 e. The number of methoxy groups -OCH3 is 2. The van der Waals surface area contributed by atoms with Crippen LogP contribution in [0.3, 0.4) is 0 Å². The fraction of sp³-hybridized carbons (Fsp3) is 0.350. The third kappa shape index (κ3) is 3.75. The molecule has 0 aromatic heterocycles. The lowest BCUT2D eigenvalue weighted by Crippen LogP contribution is -2.34. The maximum absolute atomic E-state index is 12.9. The summed E-state index contributed by atoms with van der Waals surface area (Å²) in [6.07, 6.45) is 0. The minimum absolute atomic E-state index is 0.0818. The summed E-state index contributed by atoms with van der Waals surface area (Å²) in [5, 5.41) is 2.97. The van der Waals surface area contributed by atoms with E-state index in [1.165, 1.54) is 5.56 Å². The quantitative estimate of drug-likeness (QED) is 0.852. The van der Waals surface area contributed by atoms with Gasteiger partial charge in [0.1, 0.15) is 16.9 Å². The number of thioether (sulfide) groups is 1. The summed E-state index contributed by atoms with van der Waals surface area (Å²) in [6, 6.07) is 11.7. The van der Waals surface area contributed by atoms with E-state index in [2.05, 4.69) is 11.4 Å². The Morgan fingerprint density at radius 1 is 1.15 bits per heavy atom. The summed E-state index contributed by atoms with van der Waals surface area (Å²) in [6.45, 7) is 4.74. The molecule has 0 spiro atoms. The van der Waals surface area contributed by atoms with Gasteiger partial charge in [0.2, 0.25) is 0 Å². The first-order valence-electron chi connectivity index (χ1n) is 8.52. The molecule has 1 aliphatic rings. The summed E-state index contributed by atoms with van der Waals surface area (Å²) >= 11 is 1.74. The second-order valence-electron chi connectivity index (χ2n) is 6.27. The lowest BCUT2D eigenvalue weighted by molar-refractivity contribution is 0.213. The molecule has 1 atom stereocenters. The van der Waals surface area contributed by atoms with Gasteiger partial charge < -0.3 is 19.7 Å². The van der Waals surface area contributed by atoms with Gasteiger partial charge in [-0.15, -0.1) is 11.8 Å². The molecule has 6 heteroatoms. The van der Waals surface area contributed by atoms with E-state index in [1.54, 1.807) is 26.0 Å². The van der Waals surface area contributed by atoms with E-state index in [4.69, 9.17) is 9.47 Å². The number of nitrogens with one attached hydrogen (secondary N) is 1. The minimum Gasteiger partial charge on any atom is -0.497 e. The van der Waals surface area contributed by atoms with Crippen molar-refractivity contribution < 1.29 is 14.3 Å².